The van der Waals surface area contributed by atoms with Gasteiger partial charge in [-0.05, 0) is 47.9 Å². The molecule has 0 atom stereocenters. The normalized spacial score (nSPS) is 12.8. The highest BCUT2D eigenvalue weighted by atomic mass is 35.5. The summed E-state index contributed by atoms with van der Waals surface area (Å²) in [5.74, 6) is -0.172. The maximum atomic E-state index is 12.8. The number of carbonyl (C=O) groups is 1. The van der Waals surface area contributed by atoms with Gasteiger partial charge in [0.2, 0.25) is 0 Å². The van der Waals surface area contributed by atoms with E-state index in [-0.39, 0.29) is 5.91 Å². The van der Waals surface area contributed by atoms with Crippen molar-refractivity contribution in [1.29, 1.82) is 0 Å². The van der Waals surface area contributed by atoms with E-state index in [4.69, 9.17) is 16.3 Å². The summed E-state index contributed by atoms with van der Waals surface area (Å²) in [6, 6.07) is 13.3. The van der Waals surface area contributed by atoms with Crippen molar-refractivity contribution in [2.24, 2.45) is 0 Å². The summed E-state index contributed by atoms with van der Waals surface area (Å²) in [6.07, 6.45) is 2.28. The van der Waals surface area contributed by atoms with Crippen molar-refractivity contribution in [3.8, 4) is 5.69 Å². The second-order valence-corrected chi connectivity index (χ2v) is 6.62. The number of carbonyl (C=O) groups excluding carboxylic acids is 1. The number of nitrogens with zero attached hydrogens (tertiary/aromatic N) is 2. The van der Waals surface area contributed by atoms with Gasteiger partial charge in [-0.3, -0.25) is 4.79 Å². The van der Waals surface area contributed by atoms with Crippen LogP contribution < -0.4 is 5.32 Å². The molecule has 0 saturated carbocycles. The third kappa shape index (κ3) is 3.11. The molecule has 0 spiro atoms. The van der Waals surface area contributed by atoms with Gasteiger partial charge in [0.25, 0.3) is 5.91 Å². The molecule has 1 amide bonds. The van der Waals surface area contributed by atoms with E-state index in [9.17, 15) is 4.79 Å². The second kappa shape index (κ2) is 6.94. The molecule has 0 unspecified atom stereocenters. The molecule has 0 aliphatic carbocycles. The smallest absolute Gasteiger partial charge is 0.259 e. The molecule has 1 N–H and O–H groups in total. The molecule has 2 aromatic carbocycles. The van der Waals surface area contributed by atoms with Crippen LogP contribution in [0.15, 0.2) is 48.7 Å². The highest BCUT2D eigenvalue weighted by Crippen LogP contribution is 2.24. The molecule has 0 saturated heterocycles. The third-order valence-corrected chi connectivity index (χ3v) is 4.72. The number of rotatable bonds is 4. The van der Waals surface area contributed by atoms with Crippen LogP contribution in [0.2, 0.25) is 5.02 Å². The number of ether oxygens (including phenoxy) is 1. The summed E-state index contributed by atoms with van der Waals surface area (Å²) in [4.78, 5) is 12.8. The number of hydrogen-bond acceptors (Lipinski definition) is 3. The Hall–Kier alpha value is -2.63. The monoisotopic (exact) mass is 367 g/mol. The van der Waals surface area contributed by atoms with Crippen LogP contribution in [0.1, 0.15) is 34.1 Å². The van der Waals surface area contributed by atoms with Gasteiger partial charge < -0.3 is 10.1 Å². The lowest BCUT2D eigenvalue weighted by molar-refractivity contribution is 0.102. The van der Waals surface area contributed by atoms with E-state index < -0.39 is 0 Å². The van der Waals surface area contributed by atoms with Crippen molar-refractivity contribution in [3.63, 3.8) is 0 Å². The highest BCUT2D eigenvalue weighted by molar-refractivity contribution is 6.30. The minimum absolute atomic E-state index is 0.172. The Balaban J connectivity index is 1.62. The van der Waals surface area contributed by atoms with Gasteiger partial charge in [0, 0.05) is 10.7 Å². The molecular weight excluding hydrogens is 350 g/mol. The number of fused-ring (bicyclic) bond motifs is 1. The van der Waals surface area contributed by atoms with E-state index in [1.165, 1.54) is 5.56 Å². The standard InChI is InChI=1S/C20H18ClN3O2/c1-2-19-18(10-22-24(19)17-5-3-4-15(21)9-17)20(25)23-16-7-6-13-11-26-12-14(13)8-16/h3-10H,2,11-12H2,1H3,(H,23,25). The first kappa shape index (κ1) is 16.8. The zero-order chi connectivity index (χ0) is 18.1. The lowest BCUT2D eigenvalue weighted by Gasteiger charge is -2.09. The van der Waals surface area contributed by atoms with Gasteiger partial charge >= 0.3 is 0 Å². The van der Waals surface area contributed by atoms with Crippen LogP contribution in [0.4, 0.5) is 5.69 Å². The van der Waals surface area contributed by atoms with Crippen LogP contribution >= 0.6 is 11.6 Å². The molecule has 6 heteroatoms. The van der Waals surface area contributed by atoms with Gasteiger partial charge in [0.15, 0.2) is 0 Å². The molecule has 1 aromatic heterocycles. The summed E-state index contributed by atoms with van der Waals surface area (Å²) in [5.41, 5.74) is 5.29. The lowest BCUT2D eigenvalue weighted by Crippen LogP contribution is -2.14. The lowest BCUT2D eigenvalue weighted by atomic mass is 10.1. The minimum Gasteiger partial charge on any atom is -0.372 e. The van der Waals surface area contributed by atoms with E-state index in [2.05, 4.69) is 10.4 Å². The van der Waals surface area contributed by atoms with Gasteiger partial charge in [0.05, 0.1) is 36.4 Å². The summed E-state index contributed by atoms with van der Waals surface area (Å²) in [7, 11) is 0. The zero-order valence-corrected chi connectivity index (χ0v) is 15.1. The summed E-state index contributed by atoms with van der Waals surface area (Å²) in [5, 5.41) is 7.99. The molecule has 1 aliphatic rings. The molecule has 0 bridgehead atoms. The number of anilines is 1. The second-order valence-electron chi connectivity index (χ2n) is 6.18. The summed E-state index contributed by atoms with van der Waals surface area (Å²) >= 11 is 6.08. The molecule has 0 radical (unpaired) electrons. The molecule has 0 fully saturated rings. The van der Waals surface area contributed by atoms with Crippen LogP contribution in [0.25, 0.3) is 5.69 Å². The number of hydrogen-bond donors (Lipinski definition) is 1. The Bertz CT molecular complexity index is 981. The first-order valence-electron chi connectivity index (χ1n) is 8.49. The largest absolute Gasteiger partial charge is 0.372 e. The number of amides is 1. The van der Waals surface area contributed by atoms with Gasteiger partial charge in [-0.25, -0.2) is 4.68 Å². The first-order valence-corrected chi connectivity index (χ1v) is 8.87. The molecule has 132 valence electrons. The molecule has 2 heterocycles. The van der Waals surface area contributed by atoms with Crippen molar-refractivity contribution in [2.45, 2.75) is 26.6 Å². The Labute approximate surface area is 156 Å². The maximum Gasteiger partial charge on any atom is 0.259 e. The minimum atomic E-state index is -0.172. The number of nitrogens with one attached hydrogen (secondary N) is 1. The molecule has 26 heavy (non-hydrogen) atoms. The molecule has 4 rings (SSSR count). The van der Waals surface area contributed by atoms with Crippen molar-refractivity contribution in [3.05, 3.63) is 76.1 Å². The predicted octanol–water partition coefficient (Wildman–Crippen LogP) is 4.37. The van der Waals surface area contributed by atoms with Gasteiger partial charge in [-0.1, -0.05) is 30.7 Å². The van der Waals surface area contributed by atoms with E-state index >= 15 is 0 Å². The summed E-state index contributed by atoms with van der Waals surface area (Å²) in [6.45, 7) is 3.23. The fourth-order valence-electron chi connectivity index (χ4n) is 3.18. The van der Waals surface area contributed by atoms with Crippen LogP contribution in [-0.4, -0.2) is 15.7 Å². The van der Waals surface area contributed by atoms with Gasteiger partial charge in [0.1, 0.15) is 0 Å². The van der Waals surface area contributed by atoms with Crippen molar-refractivity contribution >= 4 is 23.2 Å². The van der Waals surface area contributed by atoms with E-state index in [1.807, 2.05) is 49.4 Å². The first-order chi connectivity index (χ1) is 12.7. The van der Waals surface area contributed by atoms with E-state index in [0.29, 0.717) is 30.2 Å². The molecule has 3 aromatic rings. The van der Waals surface area contributed by atoms with Crippen molar-refractivity contribution in [1.82, 2.24) is 9.78 Å². The fraction of sp³-hybridized carbons (Fsp3) is 0.200. The van der Waals surface area contributed by atoms with Gasteiger partial charge in [-0.15, -0.1) is 0 Å². The number of halogens is 1. The molecule has 5 nitrogen and oxygen atoms in total. The summed E-state index contributed by atoms with van der Waals surface area (Å²) < 4.78 is 7.18. The van der Waals surface area contributed by atoms with Crippen molar-refractivity contribution in [2.75, 3.05) is 5.32 Å². The Morgan fingerprint density at radius 2 is 2.08 bits per heavy atom. The van der Waals surface area contributed by atoms with Crippen LogP contribution in [0.3, 0.4) is 0 Å². The van der Waals surface area contributed by atoms with E-state index in [0.717, 1.165) is 22.6 Å². The SMILES string of the molecule is CCc1c(C(=O)Nc2ccc3c(c2)COC3)cnn1-c1cccc(Cl)c1. The molecular formula is C20H18ClN3O2. The van der Waals surface area contributed by atoms with Crippen LogP contribution in [-0.2, 0) is 24.4 Å². The Morgan fingerprint density at radius 1 is 1.23 bits per heavy atom. The fourth-order valence-corrected chi connectivity index (χ4v) is 3.37. The van der Waals surface area contributed by atoms with E-state index in [1.54, 1.807) is 10.9 Å². The Kier molecular flexibility index (Phi) is 4.49. The number of benzene rings is 2. The van der Waals surface area contributed by atoms with Gasteiger partial charge in [-0.2, -0.15) is 5.10 Å². The topological polar surface area (TPSA) is 56.1 Å². The molecule has 1 aliphatic heterocycles. The zero-order valence-electron chi connectivity index (χ0n) is 14.3. The predicted molar refractivity (Wildman–Crippen MR) is 101 cm³/mol. The quantitative estimate of drug-likeness (QED) is 0.744. The average molecular weight is 368 g/mol. The maximum absolute atomic E-state index is 12.8. The number of aromatic nitrogens is 2. The Morgan fingerprint density at radius 3 is 2.88 bits per heavy atom. The average Bonchev–Trinajstić information content (AvgIpc) is 3.27. The third-order valence-electron chi connectivity index (χ3n) is 4.48. The van der Waals surface area contributed by atoms with Crippen molar-refractivity contribution < 1.29 is 9.53 Å². The van der Waals surface area contributed by atoms with Crippen LogP contribution in [0, 0.1) is 0 Å². The van der Waals surface area contributed by atoms with Crippen LogP contribution in [0.5, 0.6) is 0 Å². The highest BCUT2D eigenvalue weighted by Gasteiger charge is 2.18.